The van der Waals surface area contributed by atoms with E-state index < -0.39 is 23.8 Å². The molecule has 0 bridgehead atoms. The van der Waals surface area contributed by atoms with Crippen molar-refractivity contribution in [1.29, 1.82) is 0 Å². The van der Waals surface area contributed by atoms with Crippen LogP contribution in [-0.4, -0.2) is 28.9 Å². The maximum Gasteiger partial charge on any atom is 0.335 e. The number of urea groups is 1. The van der Waals surface area contributed by atoms with Gasteiger partial charge in [-0.1, -0.05) is 34.1 Å². The van der Waals surface area contributed by atoms with E-state index in [0.29, 0.717) is 17.0 Å². The number of nitrogens with zero attached hydrogens (tertiary/aromatic N) is 1. The lowest BCUT2D eigenvalue weighted by atomic mass is 10.1. The summed E-state index contributed by atoms with van der Waals surface area (Å²) in [6.07, 6.45) is 1.43. The molecule has 0 spiro atoms. The van der Waals surface area contributed by atoms with Gasteiger partial charge in [0.2, 0.25) is 0 Å². The van der Waals surface area contributed by atoms with Gasteiger partial charge < -0.3 is 9.84 Å². The minimum absolute atomic E-state index is 0.168. The van der Waals surface area contributed by atoms with Crippen LogP contribution in [0.3, 0.4) is 0 Å². The number of aromatic carboxylic acids is 1. The average molecular weight is 661 g/mol. The van der Waals surface area contributed by atoms with Crippen molar-refractivity contribution in [3.63, 3.8) is 0 Å². The number of rotatable bonds is 6. The number of aryl methyl sites for hydroxylation is 1. The predicted octanol–water partition coefficient (Wildman–Crippen LogP) is 5.31. The molecule has 10 heteroatoms. The maximum atomic E-state index is 13.1. The van der Waals surface area contributed by atoms with Crippen molar-refractivity contribution < 1.29 is 29.0 Å². The molecule has 0 radical (unpaired) electrons. The molecule has 1 aliphatic rings. The third kappa shape index (κ3) is 5.49. The first-order valence-corrected chi connectivity index (χ1v) is 12.4. The Morgan fingerprint density at radius 3 is 2.44 bits per heavy atom. The van der Waals surface area contributed by atoms with Crippen LogP contribution in [-0.2, 0) is 16.2 Å². The number of amides is 4. The molecule has 3 aromatic carbocycles. The molecule has 1 heterocycles. The molecule has 0 aromatic heterocycles. The highest BCUT2D eigenvalue weighted by Crippen LogP contribution is 2.28. The zero-order chi connectivity index (χ0) is 26.0. The summed E-state index contributed by atoms with van der Waals surface area (Å²) in [4.78, 5) is 50.0. The zero-order valence-corrected chi connectivity index (χ0v) is 22.5. The molecule has 0 atom stereocenters. The molecule has 1 saturated heterocycles. The third-order valence-corrected chi connectivity index (χ3v) is 7.10. The second kappa shape index (κ2) is 10.6. The Labute approximate surface area is 228 Å². The summed E-state index contributed by atoms with van der Waals surface area (Å²) in [6, 6.07) is 15.8. The number of carbonyl (C=O) groups is 4. The molecular formula is C26H18BrIN2O6. The van der Waals surface area contributed by atoms with Crippen molar-refractivity contribution in [1.82, 2.24) is 5.32 Å². The minimum Gasteiger partial charge on any atom is -0.488 e. The fourth-order valence-electron chi connectivity index (χ4n) is 3.46. The van der Waals surface area contributed by atoms with E-state index in [4.69, 9.17) is 9.84 Å². The quantitative estimate of drug-likeness (QED) is 0.211. The standard InChI is InChI=1S/C26H18BrIN2O6/c1-14-10-18(7-8-20(14)27)30-24(32)19(23(31)29-26(30)35)11-16-4-9-22(21(28)12-16)36-13-15-2-5-17(6-3-15)25(33)34/h2-12H,13H2,1H3,(H,33,34)(H,29,31,35)/b19-11+. The van der Waals surface area contributed by atoms with Gasteiger partial charge in [0.05, 0.1) is 14.8 Å². The normalized spacial score (nSPS) is 14.7. The van der Waals surface area contributed by atoms with Crippen LogP contribution in [0.1, 0.15) is 27.0 Å². The van der Waals surface area contributed by atoms with Gasteiger partial charge in [-0.25, -0.2) is 14.5 Å². The molecule has 3 aromatic rings. The smallest absolute Gasteiger partial charge is 0.335 e. The minimum atomic E-state index is -0.994. The Kier molecular flexibility index (Phi) is 7.55. The van der Waals surface area contributed by atoms with E-state index in [1.165, 1.54) is 18.2 Å². The molecule has 1 fully saturated rings. The maximum absolute atomic E-state index is 13.1. The van der Waals surface area contributed by atoms with Crippen LogP contribution in [0.15, 0.2) is 70.7 Å². The van der Waals surface area contributed by atoms with E-state index in [9.17, 15) is 19.2 Å². The van der Waals surface area contributed by atoms with Gasteiger partial charge in [0.15, 0.2) is 0 Å². The lowest BCUT2D eigenvalue weighted by Gasteiger charge is -2.26. The number of imide groups is 2. The summed E-state index contributed by atoms with van der Waals surface area (Å²) in [5, 5.41) is 11.2. The highest BCUT2D eigenvalue weighted by atomic mass is 127. The fourth-order valence-corrected chi connectivity index (χ4v) is 4.40. The first kappa shape index (κ1) is 25.6. The van der Waals surface area contributed by atoms with E-state index in [0.717, 1.165) is 24.1 Å². The van der Waals surface area contributed by atoms with Crippen molar-refractivity contribution >= 4 is 74.1 Å². The lowest BCUT2D eigenvalue weighted by Crippen LogP contribution is -2.54. The van der Waals surface area contributed by atoms with E-state index in [-0.39, 0.29) is 17.7 Å². The number of hydrogen-bond acceptors (Lipinski definition) is 5. The topological polar surface area (TPSA) is 113 Å². The van der Waals surface area contributed by atoms with Gasteiger partial charge >= 0.3 is 12.0 Å². The van der Waals surface area contributed by atoms with E-state index in [1.807, 2.05) is 6.92 Å². The highest BCUT2D eigenvalue weighted by molar-refractivity contribution is 14.1. The second-order valence-electron chi connectivity index (χ2n) is 7.87. The summed E-state index contributed by atoms with van der Waals surface area (Å²) >= 11 is 5.48. The highest BCUT2D eigenvalue weighted by Gasteiger charge is 2.37. The Bertz CT molecular complexity index is 1430. The Balaban J connectivity index is 1.53. The van der Waals surface area contributed by atoms with Gasteiger partial charge in [-0.2, -0.15) is 0 Å². The van der Waals surface area contributed by atoms with Crippen molar-refractivity contribution in [2.24, 2.45) is 0 Å². The van der Waals surface area contributed by atoms with Gasteiger partial charge in [-0.15, -0.1) is 0 Å². The van der Waals surface area contributed by atoms with Crippen LogP contribution >= 0.6 is 38.5 Å². The van der Waals surface area contributed by atoms with Crippen LogP contribution < -0.4 is 15.0 Å². The van der Waals surface area contributed by atoms with Crippen molar-refractivity contribution in [2.45, 2.75) is 13.5 Å². The number of barbiturate groups is 1. The van der Waals surface area contributed by atoms with Gasteiger partial charge in [-0.05, 0) is 94.7 Å². The average Bonchev–Trinajstić information content (AvgIpc) is 2.83. The molecule has 36 heavy (non-hydrogen) atoms. The molecule has 182 valence electrons. The van der Waals surface area contributed by atoms with E-state index in [1.54, 1.807) is 48.5 Å². The van der Waals surface area contributed by atoms with Crippen molar-refractivity contribution in [3.8, 4) is 5.75 Å². The number of nitrogens with one attached hydrogen (secondary N) is 1. The molecule has 1 aliphatic heterocycles. The summed E-state index contributed by atoms with van der Waals surface area (Å²) in [6.45, 7) is 2.07. The number of carboxylic acid groups (broad SMARTS) is 1. The first-order valence-electron chi connectivity index (χ1n) is 10.6. The van der Waals surface area contributed by atoms with Crippen molar-refractivity contribution in [3.05, 3.63) is 96.5 Å². The molecule has 4 amide bonds. The molecule has 2 N–H and O–H groups in total. The van der Waals surface area contributed by atoms with Crippen LogP contribution in [0, 0.1) is 10.5 Å². The SMILES string of the molecule is Cc1cc(N2C(=O)NC(=O)/C(=C\c3ccc(OCc4ccc(C(=O)O)cc4)c(I)c3)C2=O)ccc1Br. The molecular weight excluding hydrogens is 643 g/mol. The predicted molar refractivity (Wildman–Crippen MR) is 145 cm³/mol. The summed E-state index contributed by atoms with van der Waals surface area (Å²) < 4.78 is 7.41. The van der Waals surface area contributed by atoms with Gasteiger partial charge in [0.1, 0.15) is 17.9 Å². The molecule has 0 aliphatic carbocycles. The molecule has 0 unspecified atom stereocenters. The molecule has 8 nitrogen and oxygen atoms in total. The Morgan fingerprint density at radius 1 is 1.08 bits per heavy atom. The van der Waals surface area contributed by atoms with Crippen LogP contribution in [0.25, 0.3) is 6.08 Å². The number of halogens is 2. The summed E-state index contributed by atoms with van der Waals surface area (Å²) in [5.74, 6) is -1.89. The fraction of sp³-hybridized carbons (Fsp3) is 0.0769. The monoisotopic (exact) mass is 660 g/mol. The van der Waals surface area contributed by atoms with Gasteiger partial charge in [0.25, 0.3) is 11.8 Å². The van der Waals surface area contributed by atoms with E-state index in [2.05, 4.69) is 43.8 Å². The van der Waals surface area contributed by atoms with Gasteiger partial charge in [0, 0.05) is 4.47 Å². The number of benzene rings is 3. The van der Waals surface area contributed by atoms with Crippen LogP contribution in [0.2, 0.25) is 0 Å². The molecule has 4 rings (SSSR count). The Hall–Kier alpha value is -3.51. The van der Waals surface area contributed by atoms with Crippen molar-refractivity contribution in [2.75, 3.05) is 4.90 Å². The van der Waals surface area contributed by atoms with Crippen LogP contribution in [0.4, 0.5) is 10.5 Å². The summed E-state index contributed by atoms with van der Waals surface area (Å²) in [5.41, 5.74) is 2.60. The number of ether oxygens (including phenoxy) is 1. The number of carbonyl (C=O) groups excluding carboxylic acids is 3. The largest absolute Gasteiger partial charge is 0.488 e. The Morgan fingerprint density at radius 2 is 1.81 bits per heavy atom. The third-order valence-electron chi connectivity index (χ3n) is 5.36. The first-order chi connectivity index (χ1) is 17.1. The zero-order valence-electron chi connectivity index (χ0n) is 18.7. The molecule has 0 saturated carbocycles. The van der Waals surface area contributed by atoms with E-state index >= 15 is 0 Å². The number of carboxylic acids is 1. The second-order valence-corrected chi connectivity index (χ2v) is 9.89. The van der Waals surface area contributed by atoms with Gasteiger partial charge in [-0.3, -0.25) is 14.9 Å². The number of hydrogen-bond donors (Lipinski definition) is 2. The summed E-state index contributed by atoms with van der Waals surface area (Å²) in [7, 11) is 0. The lowest BCUT2D eigenvalue weighted by molar-refractivity contribution is -0.122. The van der Waals surface area contributed by atoms with Crippen LogP contribution in [0.5, 0.6) is 5.75 Å². The number of anilines is 1.